The third kappa shape index (κ3) is 3.92. The molecule has 2 N–H and O–H groups in total. The molecule has 0 atom stereocenters. The van der Waals surface area contributed by atoms with Crippen LogP contribution in [0.15, 0.2) is 16.8 Å². The van der Waals surface area contributed by atoms with Gasteiger partial charge < -0.3 is 10.6 Å². The molecule has 0 saturated carbocycles. The van der Waals surface area contributed by atoms with E-state index in [2.05, 4.69) is 5.32 Å². The number of carbonyl (C=O) groups is 1. The van der Waals surface area contributed by atoms with Crippen LogP contribution in [0.5, 0.6) is 0 Å². The van der Waals surface area contributed by atoms with Gasteiger partial charge in [-0.25, -0.2) is 13.2 Å². The number of carbonyl (C=O) groups excluding carboxylic acids is 1. The number of amides is 2. The van der Waals surface area contributed by atoms with Crippen LogP contribution in [-0.2, 0) is 16.4 Å². The summed E-state index contributed by atoms with van der Waals surface area (Å²) in [6.07, 6.45) is -6.03. The Balaban J connectivity index is 2.03. The van der Waals surface area contributed by atoms with Crippen molar-refractivity contribution in [1.82, 2.24) is 10.6 Å². The van der Waals surface area contributed by atoms with Gasteiger partial charge in [-0.3, -0.25) is 0 Å². The van der Waals surface area contributed by atoms with Gasteiger partial charge in [-0.1, -0.05) is 0 Å². The first kappa shape index (κ1) is 17.1. The maximum atomic E-state index is 13.3. The van der Waals surface area contributed by atoms with E-state index < -0.39 is 51.9 Å². The molecule has 22 heavy (non-hydrogen) atoms. The van der Waals surface area contributed by atoms with Crippen LogP contribution in [0.3, 0.4) is 0 Å². The number of nitrogens with one attached hydrogen (secondary N) is 2. The van der Waals surface area contributed by atoms with Gasteiger partial charge in [-0.05, 0) is 35.2 Å². The van der Waals surface area contributed by atoms with Crippen LogP contribution in [0, 0.1) is 0 Å². The molecule has 2 rings (SSSR count). The quantitative estimate of drug-likeness (QED) is 0.870. The molecule has 1 aromatic rings. The van der Waals surface area contributed by atoms with Crippen molar-refractivity contribution in [2.45, 2.75) is 31.1 Å². The SMILES string of the molecule is O=C(NCc1ccsc1)NC1(C(F)(F)F)CCS(=O)(=O)CC1. The smallest absolute Gasteiger partial charge is 0.334 e. The molecule has 124 valence electrons. The van der Waals surface area contributed by atoms with Gasteiger partial charge in [-0.2, -0.15) is 24.5 Å². The molecule has 0 radical (unpaired) electrons. The number of thiophene rings is 1. The third-order valence-corrected chi connectivity index (χ3v) is 5.99. The van der Waals surface area contributed by atoms with Crippen LogP contribution in [0.4, 0.5) is 18.0 Å². The fourth-order valence-corrected chi connectivity index (χ4v) is 4.39. The molecule has 1 saturated heterocycles. The molecule has 1 aliphatic heterocycles. The summed E-state index contributed by atoms with van der Waals surface area (Å²) in [5.74, 6) is -1.17. The predicted octanol–water partition coefficient (Wildman–Crippen LogP) is 2.06. The molecule has 0 aromatic carbocycles. The van der Waals surface area contributed by atoms with Crippen LogP contribution < -0.4 is 10.6 Å². The van der Waals surface area contributed by atoms with Gasteiger partial charge in [0.15, 0.2) is 9.84 Å². The van der Waals surface area contributed by atoms with E-state index in [1.54, 1.807) is 16.8 Å². The van der Waals surface area contributed by atoms with E-state index in [4.69, 9.17) is 0 Å². The first-order valence-corrected chi connectivity index (χ1v) is 9.24. The minimum atomic E-state index is -4.71. The molecule has 2 amide bonds. The van der Waals surface area contributed by atoms with Gasteiger partial charge in [0.1, 0.15) is 5.54 Å². The van der Waals surface area contributed by atoms with E-state index in [0.29, 0.717) is 0 Å². The number of urea groups is 1. The van der Waals surface area contributed by atoms with Gasteiger partial charge in [0.25, 0.3) is 0 Å². The van der Waals surface area contributed by atoms with Gasteiger partial charge in [0.05, 0.1) is 11.5 Å². The second-order valence-electron chi connectivity index (χ2n) is 5.17. The molecule has 0 spiro atoms. The van der Waals surface area contributed by atoms with Crippen LogP contribution in [0.25, 0.3) is 0 Å². The Kier molecular flexibility index (Phi) is 4.71. The Labute approximate surface area is 129 Å². The van der Waals surface area contributed by atoms with E-state index in [1.165, 1.54) is 11.3 Å². The number of alkyl halides is 3. The van der Waals surface area contributed by atoms with Gasteiger partial charge in [0.2, 0.25) is 0 Å². The molecule has 0 aliphatic carbocycles. The standard InChI is InChI=1S/C12H15F3N2O3S2/c13-12(14,15)11(2-5-22(19,20)6-3-11)17-10(18)16-7-9-1-4-21-8-9/h1,4,8H,2-3,5-7H2,(H2,16,17,18). The number of sulfone groups is 1. The van der Waals surface area contributed by atoms with Crippen molar-refractivity contribution in [3.05, 3.63) is 22.4 Å². The highest BCUT2D eigenvalue weighted by atomic mass is 32.2. The van der Waals surface area contributed by atoms with Crippen LogP contribution in [0.1, 0.15) is 18.4 Å². The third-order valence-electron chi connectivity index (χ3n) is 3.61. The van der Waals surface area contributed by atoms with E-state index in [9.17, 15) is 26.4 Å². The Hall–Kier alpha value is -1.29. The van der Waals surface area contributed by atoms with Crippen molar-refractivity contribution in [1.29, 1.82) is 0 Å². The topological polar surface area (TPSA) is 75.3 Å². The predicted molar refractivity (Wildman–Crippen MR) is 76.4 cm³/mol. The highest BCUT2D eigenvalue weighted by Crippen LogP contribution is 2.39. The van der Waals surface area contributed by atoms with Crippen molar-refractivity contribution >= 4 is 27.2 Å². The summed E-state index contributed by atoms with van der Waals surface area (Å²) in [5, 5.41) is 7.85. The summed E-state index contributed by atoms with van der Waals surface area (Å²) in [7, 11) is -3.47. The van der Waals surface area contributed by atoms with E-state index >= 15 is 0 Å². The summed E-state index contributed by atoms with van der Waals surface area (Å²) in [6, 6.07) is 0.792. The van der Waals surface area contributed by atoms with Crippen molar-refractivity contribution in [2.24, 2.45) is 0 Å². The molecule has 2 heterocycles. The second kappa shape index (κ2) is 6.07. The summed E-state index contributed by atoms with van der Waals surface area (Å²) in [6.45, 7) is 0.113. The minimum absolute atomic E-state index is 0.113. The lowest BCUT2D eigenvalue weighted by atomic mass is 9.91. The number of hydrogen-bond donors (Lipinski definition) is 2. The van der Waals surface area contributed by atoms with Gasteiger partial charge in [-0.15, -0.1) is 0 Å². The molecule has 0 unspecified atom stereocenters. The lowest BCUT2D eigenvalue weighted by Gasteiger charge is -2.39. The average Bonchev–Trinajstić information content (AvgIpc) is 2.91. The summed E-state index contributed by atoms with van der Waals surface area (Å²) in [4.78, 5) is 11.8. The zero-order valence-corrected chi connectivity index (χ0v) is 13.1. The second-order valence-corrected chi connectivity index (χ2v) is 8.25. The summed E-state index contributed by atoms with van der Waals surface area (Å²) < 4.78 is 62.5. The molecule has 5 nitrogen and oxygen atoms in total. The molecular weight excluding hydrogens is 341 g/mol. The monoisotopic (exact) mass is 356 g/mol. The average molecular weight is 356 g/mol. The first-order chi connectivity index (χ1) is 10.1. The highest BCUT2D eigenvalue weighted by Gasteiger charge is 2.57. The van der Waals surface area contributed by atoms with E-state index in [0.717, 1.165) is 5.56 Å². The lowest BCUT2D eigenvalue weighted by Crippen LogP contribution is -2.63. The normalized spacial score (nSPS) is 20.3. The lowest BCUT2D eigenvalue weighted by molar-refractivity contribution is -0.195. The Bertz CT molecular complexity index is 613. The Morgan fingerprint density at radius 3 is 2.45 bits per heavy atom. The highest BCUT2D eigenvalue weighted by molar-refractivity contribution is 7.91. The number of rotatable bonds is 3. The maximum Gasteiger partial charge on any atom is 0.411 e. The van der Waals surface area contributed by atoms with Crippen LogP contribution in [-0.4, -0.2) is 37.7 Å². The zero-order chi connectivity index (χ0) is 16.4. The first-order valence-electron chi connectivity index (χ1n) is 6.48. The minimum Gasteiger partial charge on any atom is -0.334 e. The Morgan fingerprint density at radius 2 is 1.95 bits per heavy atom. The molecule has 1 aliphatic rings. The summed E-state index contributed by atoms with van der Waals surface area (Å²) >= 11 is 1.41. The van der Waals surface area contributed by atoms with Crippen LogP contribution >= 0.6 is 11.3 Å². The fourth-order valence-electron chi connectivity index (χ4n) is 2.20. The molecule has 1 fully saturated rings. The van der Waals surface area contributed by atoms with Crippen molar-refractivity contribution < 1.29 is 26.4 Å². The summed E-state index contributed by atoms with van der Waals surface area (Å²) in [5.41, 5.74) is -1.70. The van der Waals surface area contributed by atoms with Crippen molar-refractivity contribution in [3.8, 4) is 0 Å². The van der Waals surface area contributed by atoms with Crippen molar-refractivity contribution in [3.63, 3.8) is 0 Å². The maximum absolute atomic E-state index is 13.3. The van der Waals surface area contributed by atoms with E-state index in [1.807, 2.05) is 5.32 Å². The van der Waals surface area contributed by atoms with E-state index in [-0.39, 0.29) is 6.54 Å². The van der Waals surface area contributed by atoms with Gasteiger partial charge in [0, 0.05) is 6.54 Å². The Morgan fingerprint density at radius 1 is 1.32 bits per heavy atom. The number of halogens is 3. The van der Waals surface area contributed by atoms with Crippen LogP contribution in [0.2, 0.25) is 0 Å². The number of hydrogen-bond acceptors (Lipinski definition) is 4. The molecule has 10 heteroatoms. The fraction of sp³-hybridized carbons (Fsp3) is 0.583. The molecule has 1 aromatic heterocycles. The molecular formula is C12H15F3N2O3S2. The molecule has 0 bridgehead atoms. The van der Waals surface area contributed by atoms with Crippen molar-refractivity contribution in [2.75, 3.05) is 11.5 Å². The largest absolute Gasteiger partial charge is 0.411 e. The zero-order valence-electron chi connectivity index (χ0n) is 11.4. The van der Waals surface area contributed by atoms with Gasteiger partial charge >= 0.3 is 12.2 Å².